The quantitative estimate of drug-likeness (QED) is 0.841. The second-order valence-corrected chi connectivity index (χ2v) is 5.12. The number of likely N-dealkylation sites (tertiary alicyclic amines) is 1. The molecule has 0 aromatic heterocycles. The van der Waals surface area contributed by atoms with Gasteiger partial charge in [0, 0.05) is 10.1 Å². The number of rotatable bonds is 2. The Morgan fingerprint density at radius 1 is 1.50 bits per heavy atom. The van der Waals surface area contributed by atoms with Crippen molar-refractivity contribution in [1.82, 2.24) is 4.90 Å². The van der Waals surface area contributed by atoms with E-state index in [0.29, 0.717) is 0 Å². The van der Waals surface area contributed by atoms with Crippen molar-refractivity contribution >= 4 is 28.5 Å². The fourth-order valence-electron chi connectivity index (χ4n) is 2.08. The Hall–Kier alpha value is -0.620. The summed E-state index contributed by atoms with van der Waals surface area (Å²) in [6, 6.07) is 7.57. The van der Waals surface area contributed by atoms with E-state index in [1.165, 1.54) is 0 Å². The van der Waals surface area contributed by atoms with Crippen LogP contribution in [0.15, 0.2) is 24.3 Å². The molecule has 1 fully saturated rings. The summed E-state index contributed by atoms with van der Waals surface area (Å²) in [5.74, 6) is 0.0431. The molecule has 2 rings (SSSR count). The summed E-state index contributed by atoms with van der Waals surface area (Å²) in [5.41, 5.74) is 0.739. The van der Waals surface area contributed by atoms with Gasteiger partial charge in [-0.3, -0.25) is 4.79 Å². The Morgan fingerprint density at radius 2 is 2.25 bits per heavy atom. The van der Waals surface area contributed by atoms with E-state index >= 15 is 0 Å². The third kappa shape index (κ3) is 2.22. The zero-order chi connectivity index (χ0) is 11.5. The Kier molecular flexibility index (Phi) is 3.81. The highest BCUT2D eigenvalue weighted by Crippen LogP contribution is 2.21. The lowest BCUT2D eigenvalue weighted by atomic mass is 10.2. The molecule has 0 spiro atoms. The van der Waals surface area contributed by atoms with Gasteiger partial charge in [-0.05, 0) is 47.6 Å². The number of hydrogen-bond donors (Lipinski definition) is 1. The van der Waals surface area contributed by atoms with Crippen molar-refractivity contribution in [2.45, 2.75) is 18.9 Å². The van der Waals surface area contributed by atoms with E-state index in [2.05, 4.69) is 22.6 Å². The lowest BCUT2D eigenvalue weighted by molar-refractivity contribution is 0.0676. The van der Waals surface area contributed by atoms with Crippen molar-refractivity contribution in [1.29, 1.82) is 0 Å². The van der Waals surface area contributed by atoms with E-state index in [0.717, 1.165) is 28.5 Å². The lowest BCUT2D eigenvalue weighted by Gasteiger charge is -2.23. The third-order valence-electron chi connectivity index (χ3n) is 2.95. The van der Waals surface area contributed by atoms with E-state index in [-0.39, 0.29) is 18.6 Å². The molecule has 16 heavy (non-hydrogen) atoms. The fourth-order valence-corrected chi connectivity index (χ4v) is 2.70. The van der Waals surface area contributed by atoms with Gasteiger partial charge in [0.15, 0.2) is 0 Å². The monoisotopic (exact) mass is 331 g/mol. The summed E-state index contributed by atoms with van der Waals surface area (Å²) < 4.78 is 0.966. The first-order valence-corrected chi connectivity index (χ1v) is 6.48. The molecular formula is C12H14INO2. The molecule has 1 N–H and O–H groups in total. The third-order valence-corrected chi connectivity index (χ3v) is 3.89. The van der Waals surface area contributed by atoms with Crippen molar-refractivity contribution in [2.75, 3.05) is 13.2 Å². The van der Waals surface area contributed by atoms with Gasteiger partial charge in [0.25, 0.3) is 5.91 Å². The summed E-state index contributed by atoms with van der Waals surface area (Å²) >= 11 is 2.17. The van der Waals surface area contributed by atoms with Crippen LogP contribution in [-0.4, -0.2) is 35.1 Å². The van der Waals surface area contributed by atoms with E-state index in [1.807, 2.05) is 24.3 Å². The number of aliphatic hydroxyl groups is 1. The van der Waals surface area contributed by atoms with Gasteiger partial charge in [-0.25, -0.2) is 0 Å². The molecule has 1 amide bonds. The van der Waals surface area contributed by atoms with Crippen LogP contribution in [0.5, 0.6) is 0 Å². The molecule has 0 bridgehead atoms. The molecule has 86 valence electrons. The fraction of sp³-hybridized carbons (Fsp3) is 0.417. The minimum Gasteiger partial charge on any atom is -0.394 e. The van der Waals surface area contributed by atoms with Crippen molar-refractivity contribution < 1.29 is 9.90 Å². The molecule has 1 heterocycles. The lowest BCUT2D eigenvalue weighted by Crippen LogP contribution is -2.37. The molecule has 0 radical (unpaired) electrons. The summed E-state index contributed by atoms with van der Waals surface area (Å²) in [4.78, 5) is 14.0. The van der Waals surface area contributed by atoms with Gasteiger partial charge in [0.1, 0.15) is 0 Å². The summed E-state index contributed by atoms with van der Waals surface area (Å²) in [6.45, 7) is 0.824. The number of benzene rings is 1. The zero-order valence-corrected chi connectivity index (χ0v) is 11.1. The van der Waals surface area contributed by atoms with Gasteiger partial charge in [0.2, 0.25) is 0 Å². The topological polar surface area (TPSA) is 40.5 Å². The van der Waals surface area contributed by atoms with Crippen LogP contribution in [0.2, 0.25) is 0 Å². The molecule has 0 saturated carbocycles. The molecule has 1 atom stereocenters. The van der Waals surface area contributed by atoms with Gasteiger partial charge < -0.3 is 10.0 Å². The maximum atomic E-state index is 12.2. The first kappa shape index (κ1) is 11.9. The maximum absolute atomic E-state index is 12.2. The minimum absolute atomic E-state index is 0.00325. The molecule has 1 aliphatic rings. The standard InChI is InChI=1S/C12H14INO2/c13-11-6-2-1-5-10(11)12(16)14-7-3-4-9(14)8-15/h1-2,5-6,9,15H,3-4,7-8H2/t9-/m0/s1. The van der Waals surface area contributed by atoms with Crippen molar-refractivity contribution in [3.05, 3.63) is 33.4 Å². The van der Waals surface area contributed by atoms with Gasteiger partial charge in [-0.2, -0.15) is 0 Å². The van der Waals surface area contributed by atoms with Crippen molar-refractivity contribution in [2.24, 2.45) is 0 Å². The minimum atomic E-state index is 0.00325. The number of hydrogen-bond acceptors (Lipinski definition) is 2. The van der Waals surface area contributed by atoms with Crippen LogP contribution in [0.4, 0.5) is 0 Å². The average molecular weight is 331 g/mol. The largest absolute Gasteiger partial charge is 0.394 e. The first-order valence-electron chi connectivity index (χ1n) is 5.40. The normalized spacial score (nSPS) is 20.1. The average Bonchev–Trinajstić information content (AvgIpc) is 2.77. The van der Waals surface area contributed by atoms with Crippen LogP contribution in [-0.2, 0) is 0 Å². The Labute approximate surface area is 109 Å². The second-order valence-electron chi connectivity index (χ2n) is 3.96. The Morgan fingerprint density at radius 3 is 2.94 bits per heavy atom. The number of nitrogens with zero attached hydrogens (tertiary/aromatic N) is 1. The van der Waals surface area contributed by atoms with Crippen LogP contribution in [0.3, 0.4) is 0 Å². The number of carbonyl (C=O) groups excluding carboxylic acids is 1. The van der Waals surface area contributed by atoms with Gasteiger partial charge >= 0.3 is 0 Å². The summed E-state index contributed by atoms with van der Waals surface area (Å²) in [7, 11) is 0. The molecule has 0 aliphatic carbocycles. The SMILES string of the molecule is O=C(c1ccccc1I)N1CCC[C@H]1CO. The van der Waals surface area contributed by atoms with Crippen molar-refractivity contribution in [3.63, 3.8) is 0 Å². The van der Waals surface area contributed by atoms with E-state index in [9.17, 15) is 9.90 Å². The maximum Gasteiger partial charge on any atom is 0.255 e. The van der Waals surface area contributed by atoms with Gasteiger partial charge in [-0.15, -0.1) is 0 Å². The first-order chi connectivity index (χ1) is 7.74. The highest BCUT2D eigenvalue weighted by Gasteiger charge is 2.29. The number of halogens is 1. The number of aliphatic hydroxyl groups excluding tert-OH is 1. The molecular weight excluding hydrogens is 317 g/mol. The smallest absolute Gasteiger partial charge is 0.255 e. The van der Waals surface area contributed by atoms with Crippen LogP contribution < -0.4 is 0 Å². The molecule has 1 aliphatic heterocycles. The molecule has 1 aromatic rings. The van der Waals surface area contributed by atoms with Gasteiger partial charge in [0.05, 0.1) is 18.2 Å². The molecule has 3 nitrogen and oxygen atoms in total. The molecule has 1 saturated heterocycles. The zero-order valence-electron chi connectivity index (χ0n) is 8.90. The van der Waals surface area contributed by atoms with E-state index < -0.39 is 0 Å². The predicted octanol–water partition coefficient (Wildman–Crippen LogP) is 1.89. The molecule has 1 aromatic carbocycles. The highest BCUT2D eigenvalue weighted by atomic mass is 127. The van der Waals surface area contributed by atoms with Crippen molar-refractivity contribution in [3.8, 4) is 0 Å². The predicted molar refractivity (Wildman–Crippen MR) is 70.3 cm³/mol. The highest BCUT2D eigenvalue weighted by molar-refractivity contribution is 14.1. The summed E-state index contributed by atoms with van der Waals surface area (Å²) in [6.07, 6.45) is 1.89. The number of amides is 1. The van der Waals surface area contributed by atoms with Crippen LogP contribution in [0, 0.1) is 3.57 Å². The van der Waals surface area contributed by atoms with Crippen LogP contribution in [0.25, 0.3) is 0 Å². The van der Waals surface area contributed by atoms with Crippen LogP contribution >= 0.6 is 22.6 Å². The van der Waals surface area contributed by atoms with E-state index in [4.69, 9.17) is 0 Å². The van der Waals surface area contributed by atoms with E-state index in [1.54, 1.807) is 4.90 Å². The Balaban J connectivity index is 2.22. The summed E-state index contributed by atoms with van der Waals surface area (Å²) in [5, 5.41) is 9.21. The second kappa shape index (κ2) is 5.14. The van der Waals surface area contributed by atoms with Crippen LogP contribution in [0.1, 0.15) is 23.2 Å². The van der Waals surface area contributed by atoms with Gasteiger partial charge in [-0.1, -0.05) is 12.1 Å². The molecule has 0 unspecified atom stereocenters. The molecule has 4 heteroatoms. The number of carbonyl (C=O) groups is 1. The Bertz CT molecular complexity index is 394.